The predicted molar refractivity (Wildman–Crippen MR) is 98.5 cm³/mol. The molecule has 1 amide bonds. The summed E-state index contributed by atoms with van der Waals surface area (Å²) in [5.41, 5.74) is 1.62. The van der Waals surface area contributed by atoms with Gasteiger partial charge in [-0.15, -0.1) is 0 Å². The van der Waals surface area contributed by atoms with Crippen molar-refractivity contribution < 1.29 is 14.7 Å². The van der Waals surface area contributed by atoms with Gasteiger partial charge < -0.3 is 15.3 Å². The number of hydrogen-bond donors (Lipinski definition) is 2. The van der Waals surface area contributed by atoms with Crippen molar-refractivity contribution in [1.82, 2.24) is 9.47 Å². The van der Waals surface area contributed by atoms with Gasteiger partial charge in [-0.05, 0) is 36.4 Å². The first-order valence-electron chi connectivity index (χ1n) is 7.55. The van der Waals surface area contributed by atoms with Crippen LogP contribution in [-0.2, 0) is 4.79 Å². The minimum atomic E-state index is -1.14. The number of carboxylic acid groups (broad SMARTS) is 1. The zero-order valence-corrected chi connectivity index (χ0v) is 14.2. The highest BCUT2D eigenvalue weighted by Gasteiger charge is 2.06. The van der Waals surface area contributed by atoms with E-state index in [1.807, 2.05) is 20.2 Å². The van der Waals surface area contributed by atoms with E-state index in [0.717, 1.165) is 4.57 Å². The summed E-state index contributed by atoms with van der Waals surface area (Å²) in [5, 5.41) is 20.9. The molecule has 0 aliphatic heterocycles. The Balaban J connectivity index is 2.12. The lowest BCUT2D eigenvalue weighted by Gasteiger charge is -2.06. The van der Waals surface area contributed by atoms with Crippen LogP contribution in [0.1, 0.15) is 11.3 Å². The number of nitrogens with one attached hydrogen (secondary N) is 1. The van der Waals surface area contributed by atoms with Gasteiger partial charge in [0.15, 0.2) is 0 Å². The van der Waals surface area contributed by atoms with E-state index in [4.69, 9.17) is 5.11 Å². The van der Waals surface area contributed by atoms with E-state index in [1.54, 1.807) is 35.5 Å². The van der Waals surface area contributed by atoms with Crippen molar-refractivity contribution >= 4 is 35.8 Å². The summed E-state index contributed by atoms with van der Waals surface area (Å²) in [5.74, 6) is -0.448. The smallest absolute Gasteiger partial charge is 0.415 e. The lowest BCUT2D eigenvalue weighted by atomic mass is 10.1. The van der Waals surface area contributed by atoms with Crippen molar-refractivity contribution in [2.24, 2.45) is 4.99 Å². The first-order chi connectivity index (χ1) is 12.4. The fourth-order valence-corrected chi connectivity index (χ4v) is 2.04. The normalized spacial score (nSPS) is 10.8. The van der Waals surface area contributed by atoms with E-state index in [1.165, 1.54) is 24.4 Å². The van der Waals surface area contributed by atoms with Crippen molar-refractivity contribution in [3.8, 4) is 6.07 Å². The largest absolute Gasteiger partial charge is 0.464 e. The summed E-state index contributed by atoms with van der Waals surface area (Å²) < 4.78 is 0.995. The Kier molecular flexibility index (Phi) is 5.90. The molecule has 0 radical (unpaired) electrons. The Hall–Kier alpha value is -3.86. The van der Waals surface area contributed by atoms with Crippen LogP contribution < -0.4 is 5.32 Å². The highest BCUT2D eigenvalue weighted by atomic mass is 16.4. The molecule has 26 heavy (non-hydrogen) atoms. The standard InChI is InChI=1S/C18H17N5O3/c1-22(2)12-20-16-7-5-14(10-13(16)11-19)21-17(24)8-6-15-4-3-9-23(15)18(25)26/h3-10,12H,1-2H3,(H,21,24)(H,25,26)/b8-6+,20-12+. The zero-order valence-electron chi connectivity index (χ0n) is 14.2. The fraction of sp³-hybridized carbons (Fsp3) is 0.111. The molecule has 1 heterocycles. The molecule has 0 spiro atoms. The molecule has 1 aromatic carbocycles. The quantitative estimate of drug-likeness (QED) is 0.489. The maximum atomic E-state index is 12.0. The lowest BCUT2D eigenvalue weighted by molar-refractivity contribution is -0.111. The number of rotatable bonds is 5. The van der Waals surface area contributed by atoms with Gasteiger partial charge in [0, 0.05) is 32.1 Å². The number of aliphatic imine (C=N–C) groups is 1. The topological polar surface area (TPSA) is 111 Å². The molecule has 8 heteroatoms. The summed E-state index contributed by atoms with van der Waals surface area (Å²) in [6.07, 6.45) is 4.44. The highest BCUT2D eigenvalue weighted by Crippen LogP contribution is 2.22. The number of amides is 1. The van der Waals surface area contributed by atoms with Gasteiger partial charge in [-0.2, -0.15) is 5.26 Å². The van der Waals surface area contributed by atoms with E-state index < -0.39 is 12.0 Å². The second-order valence-electron chi connectivity index (χ2n) is 5.46. The number of hydrogen-bond acceptors (Lipinski definition) is 4. The van der Waals surface area contributed by atoms with Crippen molar-refractivity contribution in [3.05, 3.63) is 53.9 Å². The number of carbonyl (C=O) groups is 2. The molecule has 132 valence electrons. The van der Waals surface area contributed by atoms with E-state index in [-0.39, 0.29) is 0 Å². The number of aromatic nitrogens is 1. The van der Waals surface area contributed by atoms with Gasteiger partial charge in [0.2, 0.25) is 5.91 Å². The summed E-state index contributed by atoms with van der Waals surface area (Å²) in [4.78, 5) is 28.9. The minimum absolute atomic E-state index is 0.324. The van der Waals surface area contributed by atoms with Crippen molar-refractivity contribution in [1.29, 1.82) is 5.26 Å². The molecule has 0 atom stereocenters. The number of anilines is 1. The average Bonchev–Trinajstić information content (AvgIpc) is 3.07. The number of nitrogens with zero attached hydrogens (tertiary/aromatic N) is 4. The van der Waals surface area contributed by atoms with Crippen molar-refractivity contribution in [2.75, 3.05) is 19.4 Å². The summed E-state index contributed by atoms with van der Waals surface area (Å²) in [6.45, 7) is 0. The van der Waals surface area contributed by atoms with Crippen LogP contribution in [0.2, 0.25) is 0 Å². The Bertz CT molecular complexity index is 919. The Morgan fingerprint density at radius 2 is 2.12 bits per heavy atom. The molecule has 0 saturated carbocycles. The summed E-state index contributed by atoms with van der Waals surface area (Å²) >= 11 is 0. The van der Waals surface area contributed by atoms with Crippen LogP contribution in [0.4, 0.5) is 16.2 Å². The zero-order chi connectivity index (χ0) is 19.1. The van der Waals surface area contributed by atoms with E-state index in [2.05, 4.69) is 10.3 Å². The number of carbonyl (C=O) groups excluding carboxylic acids is 1. The molecule has 1 aromatic heterocycles. The van der Waals surface area contributed by atoms with Crippen molar-refractivity contribution in [2.45, 2.75) is 0 Å². The van der Waals surface area contributed by atoms with Gasteiger partial charge in [0.1, 0.15) is 6.07 Å². The molecular weight excluding hydrogens is 334 g/mol. The highest BCUT2D eigenvalue weighted by molar-refractivity contribution is 6.02. The van der Waals surface area contributed by atoms with Crippen LogP contribution in [0.3, 0.4) is 0 Å². The monoisotopic (exact) mass is 351 g/mol. The molecule has 0 aliphatic carbocycles. The minimum Gasteiger partial charge on any atom is -0.464 e. The molecule has 0 saturated heterocycles. The molecule has 0 bridgehead atoms. The maximum absolute atomic E-state index is 12.0. The van der Waals surface area contributed by atoms with Crippen molar-refractivity contribution in [3.63, 3.8) is 0 Å². The first kappa shape index (κ1) is 18.5. The third-order valence-electron chi connectivity index (χ3n) is 3.20. The average molecular weight is 351 g/mol. The van der Waals surface area contributed by atoms with Gasteiger partial charge >= 0.3 is 6.09 Å². The van der Waals surface area contributed by atoms with Gasteiger partial charge in [0.05, 0.1) is 23.3 Å². The second kappa shape index (κ2) is 8.30. The van der Waals surface area contributed by atoms with Crippen LogP contribution in [-0.4, -0.2) is 47.0 Å². The molecule has 0 unspecified atom stereocenters. The molecule has 0 fully saturated rings. The van der Waals surface area contributed by atoms with Crippen LogP contribution >= 0.6 is 0 Å². The van der Waals surface area contributed by atoms with Gasteiger partial charge in [-0.1, -0.05) is 0 Å². The van der Waals surface area contributed by atoms with Crippen LogP contribution in [0, 0.1) is 11.3 Å². The molecular formula is C18H17N5O3. The van der Waals surface area contributed by atoms with E-state index in [9.17, 15) is 14.9 Å². The number of nitriles is 1. The maximum Gasteiger partial charge on any atom is 0.415 e. The van der Waals surface area contributed by atoms with Crippen LogP contribution in [0.25, 0.3) is 6.08 Å². The van der Waals surface area contributed by atoms with Gasteiger partial charge in [-0.3, -0.25) is 9.36 Å². The SMILES string of the molecule is CN(C)/C=N/c1ccc(NC(=O)/C=C/c2cccn2C(=O)O)cc1C#N. The fourth-order valence-electron chi connectivity index (χ4n) is 2.04. The van der Waals surface area contributed by atoms with Gasteiger partial charge in [0.25, 0.3) is 0 Å². The first-order valence-corrected chi connectivity index (χ1v) is 7.55. The third-order valence-corrected chi connectivity index (χ3v) is 3.20. The second-order valence-corrected chi connectivity index (χ2v) is 5.46. The summed E-state index contributed by atoms with van der Waals surface area (Å²) in [6, 6.07) is 9.97. The van der Waals surface area contributed by atoms with Crippen LogP contribution in [0.5, 0.6) is 0 Å². The Morgan fingerprint density at radius 3 is 2.77 bits per heavy atom. The lowest BCUT2D eigenvalue weighted by Crippen LogP contribution is -2.10. The van der Waals surface area contributed by atoms with Gasteiger partial charge in [-0.25, -0.2) is 9.79 Å². The Labute approximate surface area is 150 Å². The molecule has 2 rings (SSSR count). The summed E-state index contributed by atoms with van der Waals surface area (Å²) in [7, 11) is 3.63. The van der Waals surface area contributed by atoms with Crippen LogP contribution in [0.15, 0.2) is 47.6 Å². The molecule has 8 nitrogen and oxygen atoms in total. The number of benzene rings is 1. The predicted octanol–water partition coefficient (Wildman–Crippen LogP) is 2.76. The molecule has 2 N–H and O–H groups in total. The van der Waals surface area contributed by atoms with E-state index in [0.29, 0.717) is 22.6 Å². The Morgan fingerprint density at radius 1 is 1.35 bits per heavy atom. The molecule has 0 aliphatic rings. The van der Waals surface area contributed by atoms with E-state index >= 15 is 0 Å². The third kappa shape index (κ3) is 4.82. The molecule has 2 aromatic rings.